The summed E-state index contributed by atoms with van der Waals surface area (Å²) in [6, 6.07) is 0.106. The van der Waals surface area contributed by atoms with Gasteiger partial charge in [0.1, 0.15) is 5.60 Å². The van der Waals surface area contributed by atoms with Crippen LogP contribution in [0.15, 0.2) is 4.99 Å². The maximum atomic E-state index is 12.2. The molecule has 0 aromatic heterocycles. The third-order valence-electron chi connectivity index (χ3n) is 3.88. The van der Waals surface area contributed by atoms with Gasteiger partial charge in [0.05, 0.1) is 0 Å². The molecule has 0 unspecified atom stereocenters. The molecule has 0 atom stereocenters. The summed E-state index contributed by atoms with van der Waals surface area (Å²) in [6.07, 6.45) is 4.41. The van der Waals surface area contributed by atoms with Crippen LogP contribution in [0.4, 0.5) is 4.79 Å². The van der Waals surface area contributed by atoms with Crippen LogP contribution in [0.5, 0.6) is 0 Å². The highest BCUT2D eigenvalue weighted by Gasteiger charge is 2.23. The van der Waals surface area contributed by atoms with Crippen LogP contribution in [0.2, 0.25) is 0 Å². The summed E-state index contributed by atoms with van der Waals surface area (Å²) in [4.78, 5) is 18.3. The maximum absolute atomic E-state index is 12.2. The van der Waals surface area contributed by atoms with E-state index in [2.05, 4.69) is 10.3 Å². The van der Waals surface area contributed by atoms with Gasteiger partial charge in [0, 0.05) is 25.7 Å². The predicted molar refractivity (Wildman–Crippen MR) is 94.5 cm³/mol. The fourth-order valence-corrected chi connectivity index (χ4v) is 2.31. The van der Waals surface area contributed by atoms with E-state index < -0.39 is 5.60 Å². The van der Waals surface area contributed by atoms with Crippen molar-refractivity contribution in [3.63, 3.8) is 0 Å². The first-order valence-corrected chi connectivity index (χ1v) is 8.72. The minimum absolute atomic E-state index is 0.106. The molecule has 0 radical (unpaired) electrons. The Morgan fingerprint density at radius 1 is 1.39 bits per heavy atom. The van der Waals surface area contributed by atoms with E-state index in [1.54, 1.807) is 4.90 Å². The molecule has 0 heterocycles. The molecule has 0 aromatic rings. The maximum Gasteiger partial charge on any atom is 0.410 e. The Bertz CT molecular complexity index is 398. The van der Waals surface area contributed by atoms with Crippen molar-refractivity contribution in [1.29, 1.82) is 0 Å². The molecule has 1 amide bonds. The molecule has 0 spiro atoms. The van der Waals surface area contributed by atoms with Crippen molar-refractivity contribution in [2.75, 3.05) is 19.6 Å². The number of amides is 1. The Morgan fingerprint density at radius 3 is 2.52 bits per heavy atom. The fourth-order valence-electron chi connectivity index (χ4n) is 2.31. The van der Waals surface area contributed by atoms with Crippen molar-refractivity contribution in [2.24, 2.45) is 16.6 Å². The van der Waals surface area contributed by atoms with Crippen molar-refractivity contribution < 1.29 is 9.53 Å². The third kappa shape index (κ3) is 8.09. The summed E-state index contributed by atoms with van der Waals surface area (Å²) in [5.74, 6) is 1.23. The average molecular weight is 326 g/mol. The standard InChI is InChI=1S/C17H34N4O2/c1-13(2)21(16(22)23-17(3,4)5)11-7-10-19-15(18)20-12-14-8-6-9-14/h13-14H,6-12H2,1-5H3,(H3,18,19,20). The lowest BCUT2D eigenvalue weighted by Gasteiger charge is -2.30. The lowest BCUT2D eigenvalue weighted by molar-refractivity contribution is 0.0190. The monoisotopic (exact) mass is 326 g/mol. The lowest BCUT2D eigenvalue weighted by atomic mass is 9.86. The highest BCUT2D eigenvalue weighted by atomic mass is 16.6. The molecule has 3 N–H and O–H groups in total. The number of guanidine groups is 1. The number of ether oxygens (including phenoxy) is 1. The fraction of sp³-hybridized carbons (Fsp3) is 0.882. The van der Waals surface area contributed by atoms with Gasteiger partial charge in [-0.1, -0.05) is 6.42 Å². The number of nitrogens with zero attached hydrogens (tertiary/aromatic N) is 2. The number of carbonyl (C=O) groups excluding carboxylic acids is 1. The quantitative estimate of drug-likeness (QED) is 0.428. The van der Waals surface area contributed by atoms with Gasteiger partial charge in [-0.2, -0.15) is 0 Å². The first kappa shape index (κ1) is 19.6. The minimum atomic E-state index is -0.471. The molecule has 1 aliphatic rings. The van der Waals surface area contributed by atoms with Gasteiger partial charge in [-0.25, -0.2) is 4.79 Å². The van der Waals surface area contributed by atoms with E-state index in [0.29, 0.717) is 19.0 Å². The van der Waals surface area contributed by atoms with Crippen LogP contribution in [-0.2, 0) is 4.74 Å². The van der Waals surface area contributed by atoms with Crippen molar-refractivity contribution >= 4 is 12.1 Å². The van der Waals surface area contributed by atoms with Gasteiger partial charge in [0.2, 0.25) is 0 Å². The van der Waals surface area contributed by atoms with E-state index >= 15 is 0 Å². The SMILES string of the molecule is CC(C)N(CCCNC(N)=NCC1CCC1)C(=O)OC(C)(C)C. The first-order valence-electron chi connectivity index (χ1n) is 8.72. The molecule has 23 heavy (non-hydrogen) atoms. The number of hydrogen-bond donors (Lipinski definition) is 2. The molecule has 0 saturated heterocycles. The van der Waals surface area contributed by atoms with E-state index in [4.69, 9.17) is 10.5 Å². The summed E-state index contributed by atoms with van der Waals surface area (Å²) in [6.45, 7) is 11.8. The Labute approximate surface area is 140 Å². The molecule has 1 saturated carbocycles. The van der Waals surface area contributed by atoms with E-state index in [-0.39, 0.29) is 12.1 Å². The van der Waals surface area contributed by atoms with Crippen molar-refractivity contribution in [3.05, 3.63) is 0 Å². The van der Waals surface area contributed by atoms with Crippen molar-refractivity contribution in [3.8, 4) is 0 Å². The van der Waals surface area contributed by atoms with Gasteiger partial charge in [-0.15, -0.1) is 0 Å². The number of rotatable bonds is 7. The summed E-state index contributed by atoms with van der Waals surface area (Å²) >= 11 is 0. The lowest BCUT2D eigenvalue weighted by Crippen LogP contribution is -2.42. The zero-order valence-electron chi connectivity index (χ0n) is 15.4. The summed E-state index contributed by atoms with van der Waals surface area (Å²) < 4.78 is 5.44. The zero-order chi connectivity index (χ0) is 17.5. The Balaban J connectivity index is 2.28. The number of nitrogens with one attached hydrogen (secondary N) is 1. The van der Waals surface area contributed by atoms with Gasteiger partial charge in [-0.05, 0) is 59.8 Å². The van der Waals surface area contributed by atoms with Crippen LogP contribution in [0.25, 0.3) is 0 Å². The number of hydrogen-bond acceptors (Lipinski definition) is 3. The highest BCUT2D eigenvalue weighted by molar-refractivity contribution is 5.77. The third-order valence-corrected chi connectivity index (χ3v) is 3.88. The second-order valence-electron chi connectivity index (χ2n) is 7.57. The normalized spacial score (nSPS) is 16.2. The summed E-state index contributed by atoms with van der Waals surface area (Å²) in [7, 11) is 0. The van der Waals surface area contributed by atoms with Crippen LogP contribution in [0, 0.1) is 5.92 Å². The first-order chi connectivity index (χ1) is 10.7. The molecule has 6 nitrogen and oxygen atoms in total. The van der Waals surface area contributed by atoms with Crippen LogP contribution >= 0.6 is 0 Å². The van der Waals surface area contributed by atoms with Crippen molar-refractivity contribution in [1.82, 2.24) is 10.2 Å². The van der Waals surface area contributed by atoms with Crippen LogP contribution in [0.3, 0.4) is 0 Å². The van der Waals surface area contributed by atoms with Gasteiger partial charge in [-0.3, -0.25) is 4.99 Å². The topological polar surface area (TPSA) is 80.0 Å². The largest absolute Gasteiger partial charge is 0.444 e. The van der Waals surface area contributed by atoms with E-state index in [1.165, 1.54) is 19.3 Å². The Kier molecular flexibility index (Phi) is 7.65. The van der Waals surface area contributed by atoms with Gasteiger partial charge >= 0.3 is 6.09 Å². The van der Waals surface area contributed by atoms with Crippen molar-refractivity contribution in [2.45, 2.75) is 71.9 Å². The second kappa shape index (κ2) is 8.99. The molecule has 6 heteroatoms. The molecule has 1 fully saturated rings. The summed E-state index contributed by atoms with van der Waals surface area (Å²) in [5, 5.41) is 3.12. The molecule has 134 valence electrons. The van der Waals surface area contributed by atoms with Gasteiger partial charge in [0.15, 0.2) is 5.96 Å². The highest BCUT2D eigenvalue weighted by Crippen LogP contribution is 2.26. The average Bonchev–Trinajstić information content (AvgIpc) is 2.33. The minimum Gasteiger partial charge on any atom is -0.444 e. The number of nitrogens with two attached hydrogens (primary N) is 1. The molecule has 0 aliphatic heterocycles. The molecule has 1 aliphatic carbocycles. The van der Waals surface area contributed by atoms with Crippen LogP contribution in [-0.4, -0.2) is 48.2 Å². The van der Waals surface area contributed by atoms with Crippen LogP contribution < -0.4 is 11.1 Å². The van der Waals surface area contributed by atoms with E-state index in [0.717, 1.165) is 18.9 Å². The molecule has 0 bridgehead atoms. The van der Waals surface area contributed by atoms with Gasteiger partial charge < -0.3 is 20.7 Å². The second-order valence-corrected chi connectivity index (χ2v) is 7.57. The predicted octanol–water partition coefficient (Wildman–Crippen LogP) is 2.73. The number of carbonyl (C=O) groups is 1. The molecular formula is C17H34N4O2. The van der Waals surface area contributed by atoms with E-state index in [1.807, 2.05) is 34.6 Å². The molecule has 1 rings (SSSR count). The van der Waals surface area contributed by atoms with Gasteiger partial charge in [0.25, 0.3) is 0 Å². The number of aliphatic imine (C=N–C) groups is 1. The van der Waals surface area contributed by atoms with E-state index in [9.17, 15) is 4.79 Å². The Hall–Kier alpha value is -1.46. The van der Waals surface area contributed by atoms with Crippen LogP contribution in [0.1, 0.15) is 60.3 Å². The molecule has 0 aromatic carbocycles. The summed E-state index contributed by atoms with van der Waals surface area (Å²) in [5.41, 5.74) is 5.38. The smallest absolute Gasteiger partial charge is 0.410 e. The molecular weight excluding hydrogens is 292 g/mol. The Morgan fingerprint density at radius 2 is 2.04 bits per heavy atom. The zero-order valence-corrected chi connectivity index (χ0v) is 15.4.